The van der Waals surface area contributed by atoms with Crippen LogP contribution in [0.25, 0.3) is 0 Å². The Morgan fingerprint density at radius 2 is 2.12 bits per heavy atom. The highest BCUT2D eigenvalue weighted by atomic mass is 16.6. The van der Waals surface area contributed by atoms with Crippen LogP contribution >= 0.6 is 0 Å². The number of hydrogen-bond donors (Lipinski definition) is 1. The van der Waals surface area contributed by atoms with Crippen molar-refractivity contribution >= 4 is 11.5 Å². The highest BCUT2D eigenvalue weighted by Gasteiger charge is 2.13. The van der Waals surface area contributed by atoms with Crippen LogP contribution < -0.4 is 5.32 Å². The summed E-state index contributed by atoms with van der Waals surface area (Å²) in [6.45, 7) is 0.339. The summed E-state index contributed by atoms with van der Waals surface area (Å²) in [4.78, 5) is 14.2. The Kier molecular flexibility index (Phi) is 3.20. The minimum Gasteiger partial charge on any atom is -0.359 e. The quantitative estimate of drug-likeness (QED) is 0.631. The fraction of sp³-hybridized carbons (Fsp3) is 0.100. The zero-order valence-electron chi connectivity index (χ0n) is 8.78. The average molecular weight is 231 g/mol. The maximum atomic E-state index is 10.7. The smallest absolute Gasteiger partial charge is 0.311 e. The Hall–Kier alpha value is -2.57. The monoisotopic (exact) mass is 231 g/mol. The molecule has 0 amide bonds. The van der Waals surface area contributed by atoms with Crippen LogP contribution in [-0.4, -0.2) is 20.1 Å². The molecule has 7 nitrogen and oxygen atoms in total. The molecule has 0 aliphatic rings. The number of aromatic nitrogens is 3. The van der Waals surface area contributed by atoms with Crippen molar-refractivity contribution in [1.82, 2.24) is 15.2 Å². The van der Waals surface area contributed by atoms with Crippen molar-refractivity contribution in [2.45, 2.75) is 6.54 Å². The molecule has 86 valence electrons. The highest BCUT2D eigenvalue weighted by Crippen LogP contribution is 2.20. The second-order valence-electron chi connectivity index (χ2n) is 3.20. The summed E-state index contributed by atoms with van der Waals surface area (Å²) in [5, 5.41) is 21.2. The Morgan fingerprint density at radius 1 is 1.29 bits per heavy atom. The number of nitrogens with zero attached hydrogens (tertiary/aromatic N) is 4. The maximum absolute atomic E-state index is 10.7. The molecule has 0 spiro atoms. The number of rotatable bonds is 4. The van der Waals surface area contributed by atoms with E-state index in [1.165, 1.54) is 18.3 Å². The van der Waals surface area contributed by atoms with Crippen molar-refractivity contribution in [3.8, 4) is 0 Å². The first-order chi connectivity index (χ1) is 8.27. The van der Waals surface area contributed by atoms with Gasteiger partial charge < -0.3 is 5.32 Å². The summed E-state index contributed by atoms with van der Waals surface area (Å²) in [6.07, 6.45) is 3.05. The van der Waals surface area contributed by atoms with Crippen molar-refractivity contribution in [3.63, 3.8) is 0 Å². The summed E-state index contributed by atoms with van der Waals surface area (Å²) >= 11 is 0. The van der Waals surface area contributed by atoms with Crippen LogP contribution in [0.4, 0.5) is 11.5 Å². The van der Waals surface area contributed by atoms with E-state index in [9.17, 15) is 10.1 Å². The summed E-state index contributed by atoms with van der Waals surface area (Å²) in [6, 6.07) is 6.43. The summed E-state index contributed by atoms with van der Waals surface area (Å²) < 4.78 is 0. The average Bonchev–Trinajstić information content (AvgIpc) is 2.38. The third kappa shape index (κ3) is 2.71. The Balaban J connectivity index is 2.12. The molecule has 0 aliphatic heterocycles. The van der Waals surface area contributed by atoms with Gasteiger partial charge in [-0.2, -0.15) is 10.2 Å². The van der Waals surface area contributed by atoms with E-state index >= 15 is 0 Å². The van der Waals surface area contributed by atoms with Crippen LogP contribution in [0.1, 0.15) is 5.69 Å². The van der Waals surface area contributed by atoms with E-state index < -0.39 is 4.92 Å². The SMILES string of the molecule is O=[N+]([O-])c1cccnc1NCc1cccnn1. The first kappa shape index (κ1) is 10.9. The Labute approximate surface area is 96.7 Å². The molecule has 0 unspecified atom stereocenters. The minimum atomic E-state index is -0.480. The standard InChI is InChI=1S/C10H9N5O2/c16-15(17)9-4-2-5-11-10(9)12-7-8-3-1-6-13-14-8/h1-6H,7H2,(H,11,12). The predicted octanol–water partition coefficient (Wildman–Crippen LogP) is 1.39. The predicted molar refractivity (Wildman–Crippen MR) is 60.3 cm³/mol. The second-order valence-corrected chi connectivity index (χ2v) is 3.20. The van der Waals surface area contributed by atoms with Gasteiger partial charge in [-0.25, -0.2) is 4.98 Å². The topological polar surface area (TPSA) is 93.8 Å². The number of nitro groups is 1. The molecular formula is C10H9N5O2. The molecule has 2 aromatic rings. The molecule has 17 heavy (non-hydrogen) atoms. The number of nitrogens with one attached hydrogen (secondary N) is 1. The third-order valence-electron chi connectivity index (χ3n) is 2.05. The maximum Gasteiger partial charge on any atom is 0.311 e. The number of pyridine rings is 1. The van der Waals surface area contributed by atoms with Gasteiger partial charge in [0, 0.05) is 18.5 Å². The van der Waals surface area contributed by atoms with Crippen LogP contribution in [0.15, 0.2) is 36.7 Å². The lowest BCUT2D eigenvalue weighted by Gasteiger charge is -2.04. The molecular weight excluding hydrogens is 222 g/mol. The van der Waals surface area contributed by atoms with E-state index in [0.717, 1.165) is 0 Å². The fourth-order valence-electron chi connectivity index (χ4n) is 1.28. The summed E-state index contributed by atoms with van der Waals surface area (Å²) in [5.74, 6) is 0.225. The van der Waals surface area contributed by atoms with Crippen LogP contribution in [0.2, 0.25) is 0 Å². The molecule has 0 radical (unpaired) electrons. The zero-order valence-corrected chi connectivity index (χ0v) is 8.78. The molecule has 0 fully saturated rings. The van der Waals surface area contributed by atoms with Crippen molar-refractivity contribution in [1.29, 1.82) is 0 Å². The van der Waals surface area contributed by atoms with Crippen LogP contribution in [0, 0.1) is 10.1 Å². The van der Waals surface area contributed by atoms with Gasteiger partial charge in [0.05, 0.1) is 17.2 Å². The van der Waals surface area contributed by atoms with Crippen molar-refractivity contribution in [3.05, 3.63) is 52.5 Å². The minimum absolute atomic E-state index is 0.0589. The van der Waals surface area contributed by atoms with Gasteiger partial charge in [-0.15, -0.1) is 0 Å². The van der Waals surface area contributed by atoms with Gasteiger partial charge in [0.25, 0.3) is 0 Å². The summed E-state index contributed by atoms with van der Waals surface area (Å²) in [5.41, 5.74) is 0.629. The first-order valence-corrected chi connectivity index (χ1v) is 4.87. The van der Waals surface area contributed by atoms with Gasteiger partial charge >= 0.3 is 5.69 Å². The molecule has 1 N–H and O–H groups in total. The molecule has 2 heterocycles. The first-order valence-electron chi connectivity index (χ1n) is 4.87. The molecule has 0 aliphatic carbocycles. The third-order valence-corrected chi connectivity index (χ3v) is 2.05. The van der Waals surface area contributed by atoms with E-state index in [0.29, 0.717) is 12.2 Å². The molecule has 0 aromatic carbocycles. The lowest BCUT2D eigenvalue weighted by Crippen LogP contribution is -2.06. The van der Waals surface area contributed by atoms with Crippen molar-refractivity contribution in [2.24, 2.45) is 0 Å². The fourth-order valence-corrected chi connectivity index (χ4v) is 1.28. The van der Waals surface area contributed by atoms with Gasteiger partial charge in [0.15, 0.2) is 0 Å². The van der Waals surface area contributed by atoms with E-state index in [1.807, 2.05) is 0 Å². The largest absolute Gasteiger partial charge is 0.359 e. The van der Waals surface area contributed by atoms with Crippen LogP contribution in [-0.2, 0) is 6.54 Å². The molecule has 0 bridgehead atoms. The van der Waals surface area contributed by atoms with E-state index in [1.54, 1.807) is 18.3 Å². The Bertz CT molecular complexity index is 517. The van der Waals surface area contributed by atoms with E-state index in [4.69, 9.17) is 0 Å². The molecule has 0 saturated carbocycles. The van der Waals surface area contributed by atoms with Crippen molar-refractivity contribution < 1.29 is 4.92 Å². The number of hydrogen-bond acceptors (Lipinski definition) is 6. The number of anilines is 1. The van der Waals surface area contributed by atoms with Gasteiger partial charge in [-0.1, -0.05) is 0 Å². The molecule has 2 rings (SSSR count). The lowest BCUT2D eigenvalue weighted by molar-refractivity contribution is -0.384. The van der Waals surface area contributed by atoms with E-state index in [2.05, 4.69) is 20.5 Å². The van der Waals surface area contributed by atoms with Gasteiger partial charge in [0.2, 0.25) is 5.82 Å². The van der Waals surface area contributed by atoms with Crippen molar-refractivity contribution in [2.75, 3.05) is 5.32 Å². The van der Waals surface area contributed by atoms with Gasteiger partial charge in [-0.05, 0) is 18.2 Å². The van der Waals surface area contributed by atoms with E-state index in [-0.39, 0.29) is 11.5 Å². The van der Waals surface area contributed by atoms with Crippen LogP contribution in [0.5, 0.6) is 0 Å². The van der Waals surface area contributed by atoms with Crippen LogP contribution in [0.3, 0.4) is 0 Å². The Morgan fingerprint density at radius 3 is 2.82 bits per heavy atom. The van der Waals surface area contributed by atoms with Gasteiger partial charge in [0.1, 0.15) is 0 Å². The molecule has 0 atom stereocenters. The normalized spacial score (nSPS) is 9.88. The molecule has 7 heteroatoms. The zero-order chi connectivity index (χ0) is 12.1. The van der Waals surface area contributed by atoms with Gasteiger partial charge in [-0.3, -0.25) is 10.1 Å². The highest BCUT2D eigenvalue weighted by molar-refractivity contribution is 5.55. The second kappa shape index (κ2) is 4.97. The summed E-state index contributed by atoms with van der Waals surface area (Å²) in [7, 11) is 0. The molecule has 2 aromatic heterocycles. The molecule has 0 saturated heterocycles. The lowest BCUT2D eigenvalue weighted by atomic mass is 10.3.